The molecule has 0 bridgehead atoms. The summed E-state index contributed by atoms with van der Waals surface area (Å²) in [6.45, 7) is 2.85. The maximum Gasteiger partial charge on any atom is 0.577 e. The molecule has 0 aliphatic carbocycles. The molecule has 3 atom stereocenters. The van der Waals surface area contributed by atoms with Crippen molar-refractivity contribution in [3.05, 3.63) is 92.3 Å². The molecule has 19 heteroatoms. The molecule has 0 saturated carbocycles. The standard InChI is InChI=1S/C28H33N3O14P2/c1-18-14-31(28(35)30-27(18)34)26-13-12-25(43-26)17-40-47(37,44-29)45-46(36,38-15-21-4-8-23(9-5-21)41-19(2)32)39-16-22-6-10-24(11-7-22)42-20(3)33/h4-11,14,25-26H,12-13,15-17,29H2,1-3H3,(H,30,34,35)/q+1/t25-,26+,47?/m0/s1. The molecule has 253 valence electrons. The van der Waals surface area contributed by atoms with E-state index in [1.165, 1.54) is 80.1 Å². The van der Waals surface area contributed by atoms with E-state index in [2.05, 4.69) is 9.61 Å². The van der Waals surface area contributed by atoms with Crippen molar-refractivity contribution < 1.29 is 56.1 Å². The number of hydrogen-bond donors (Lipinski definition) is 2. The molecule has 2 aromatic carbocycles. The molecule has 1 unspecified atom stereocenters. The fraction of sp³-hybridized carbons (Fsp3) is 0.357. The van der Waals surface area contributed by atoms with E-state index in [0.29, 0.717) is 29.5 Å². The topological polar surface area (TPSA) is 238 Å². The van der Waals surface area contributed by atoms with Crippen LogP contribution in [0.4, 0.5) is 0 Å². The van der Waals surface area contributed by atoms with Crippen LogP contribution in [0.15, 0.2) is 64.3 Å². The molecule has 47 heavy (non-hydrogen) atoms. The molecule has 1 fully saturated rings. The van der Waals surface area contributed by atoms with Gasteiger partial charge >= 0.3 is 34.0 Å². The molecule has 1 saturated heterocycles. The van der Waals surface area contributed by atoms with Crippen LogP contribution in [0.5, 0.6) is 11.5 Å². The number of carbonyl (C=O) groups excluding carboxylic acids is 2. The summed E-state index contributed by atoms with van der Waals surface area (Å²) in [4.78, 5) is 75.7. The zero-order valence-corrected chi connectivity index (χ0v) is 27.3. The lowest BCUT2D eigenvalue weighted by Gasteiger charge is -2.29. The number of aromatic amines is 1. The number of rotatable bonds is 15. The highest BCUT2D eigenvalue weighted by Gasteiger charge is 2.52. The van der Waals surface area contributed by atoms with Gasteiger partial charge in [0, 0.05) is 39.9 Å². The SMILES string of the molecule is CC(=O)Oc1ccc(CO[P+]([O-])(OCc2ccc(OC(C)=[O+])cc2)O[P+]([O-])(ON)OC[C@@H]2CC[C@H](n3cc(C)c(=O)[nH]c3=O)O2)cc1. The first-order chi connectivity index (χ1) is 22.3. The highest BCUT2D eigenvalue weighted by atomic mass is 31.3. The number of H-pyrrole nitrogens is 1. The van der Waals surface area contributed by atoms with Crippen molar-refractivity contribution in [3.8, 4) is 11.5 Å². The fourth-order valence-electron chi connectivity index (χ4n) is 4.22. The average Bonchev–Trinajstić information content (AvgIpc) is 3.50. The predicted octanol–water partition coefficient (Wildman–Crippen LogP) is 1.81. The van der Waals surface area contributed by atoms with Crippen LogP contribution in [-0.4, -0.2) is 34.2 Å². The summed E-state index contributed by atoms with van der Waals surface area (Å²) in [5.74, 6) is 4.74. The lowest BCUT2D eigenvalue weighted by Crippen LogP contribution is -2.33. The van der Waals surface area contributed by atoms with Crippen molar-refractivity contribution >= 4 is 28.3 Å². The highest BCUT2D eigenvalue weighted by molar-refractivity contribution is 7.67. The average molecular weight is 698 g/mol. The van der Waals surface area contributed by atoms with Gasteiger partial charge < -0.3 is 19.3 Å². The Labute approximate surface area is 269 Å². The first kappa shape index (κ1) is 36.4. The second-order valence-corrected chi connectivity index (χ2v) is 13.6. The van der Waals surface area contributed by atoms with E-state index in [0.717, 1.165) is 0 Å². The molecule has 3 N–H and O–H groups in total. The Morgan fingerprint density at radius 2 is 1.53 bits per heavy atom. The number of hydrogen-bond acceptors (Lipinski definition) is 15. The smallest absolute Gasteiger partial charge is 0.577 e. The van der Waals surface area contributed by atoms with Crippen LogP contribution in [0.2, 0.25) is 0 Å². The molecule has 0 spiro atoms. The van der Waals surface area contributed by atoms with Crippen molar-refractivity contribution in [2.75, 3.05) is 6.61 Å². The van der Waals surface area contributed by atoms with Crippen LogP contribution in [0.3, 0.4) is 0 Å². The van der Waals surface area contributed by atoms with Gasteiger partial charge in [-0.1, -0.05) is 28.9 Å². The normalized spacial score (nSPS) is 18.7. The number of phosphoric ester groups is 1. The van der Waals surface area contributed by atoms with E-state index >= 15 is 0 Å². The zero-order chi connectivity index (χ0) is 34.2. The molecule has 1 aliphatic heterocycles. The van der Waals surface area contributed by atoms with Gasteiger partial charge in [0.1, 0.15) is 38.7 Å². The van der Waals surface area contributed by atoms with Gasteiger partial charge in [-0.25, -0.2) is 4.79 Å². The van der Waals surface area contributed by atoms with Gasteiger partial charge in [0.25, 0.3) is 5.56 Å². The number of ether oxygens (including phenoxy) is 3. The van der Waals surface area contributed by atoms with Gasteiger partial charge in [0.15, 0.2) is 0 Å². The molecule has 1 radical (unpaired) electrons. The van der Waals surface area contributed by atoms with E-state index in [1.807, 2.05) is 0 Å². The first-order valence-electron chi connectivity index (χ1n) is 14.0. The Kier molecular flexibility index (Phi) is 12.5. The van der Waals surface area contributed by atoms with Gasteiger partial charge in [-0.2, -0.15) is 19.5 Å². The fourth-order valence-corrected chi connectivity index (χ4v) is 7.01. The molecule has 1 aromatic heterocycles. The van der Waals surface area contributed by atoms with Crippen LogP contribution in [0, 0.1) is 6.92 Å². The summed E-state index contributed by atoms with van der Waals surface area (Å²) in [5.41, 5.74) is 0.0138. The number of aryl methyl sites for hydroxylation is 1. The molecule has 0 amide bonds. The van der Waals surface area contributed by atoms with E-state index in [-0.39, 0.29) is 24.7 Å². The van der Waals surface area contributed by atoms with Gasteiger partial charge in [0.2, 0.25) is 5.75 Å². The lowest BCUT2D eigenvalue weighted by atomic mass is 10.2. The molecule has 17 nitrogen and oxygen atoms in total. The van der Waals surface area contributed by atoms with E-state index in [9.17, 15) is 29.0 Å². The second kappa shape index (κ2) is 16.1. The molecule has 3 aromatic rings. The van der Waals surface area contributed by atoms with Crippen molar-refractivity contribution in [1.82, 2.24) is 9.55 Å². The minimum Gasteiger partial charge on any atom is -0.602 e. The third-order valence-electron chi connectivity index (χ3n) is 6.44. The Bertz CT molecular complexity index is 1590. The van der Waals surface area contributed by atoms with Crippen molar-refractivity contribution in [1.29, 1.82) is 0 Å². The van der Waals surface area contributed by atoms with Crippen molar-refractivity contribution in [2.24, 2.45) is 5.90 Å². The molecule has 2 heterocycles. The van der Waals surface area contributed by atoms with Crippen LogP contribution < -0.4 is 36.4 Å². The van der Waals surface area contributed by atoms with E-state index < -0.39 is 58.5 Å². The van der Waals surface area contributed by atoms with Crippen molar-refractivity contribution in [3.63, 3.8) is 0 Å². The number of nitrogens with two attached hydrogens (primary N) is 1. The Morgan fingerprint density at radius 3 is 2.06 bits per heavy atom. The summed E-state index contributed by atoms with van der Waals surface area (Å²) in [5, 5.41) is 0. The predicted molar refractivity (Wildman–Crippen MR) is 160 cm³/mol. The Hall–Kier alpha value is -3.44. The molecular weight excluding hydrogens is 664 g/mol. The minimum atomic E-state index is -4.83. The number of carbonyl (C=O) groups is 2. The number of benzene rings is 2. The van der Waals surface area contributed by atoms with Gasteiger partial charge in [-0.3, -0.25) is 23.9 Å². The van der Waals surface area contributed by atoms with E-state index in [1.54, 1.807) is 0 Å². The van der Waals surface area contributed by atoms with Gasteiger partial charge in [-0.05, 0) is 43.0 Å². The third kappa shape index (κ3) is 10.8. The zero-order valence-electron chi connectivity index (χ0n) is 25.5. The van der Waals surface area contributed by atoms with Crippen LogP contribution >= 0.6 is 16.3 Å². The summed E-state index contributed by atoms with van der Waals surface area (Å²) in [7, 11) is -9.61. The summed E-state index contributed by atoms with van der Waals surface area (Å²) < 4.78 is 43.0. The van der Waals surface area contributed by atoms with Crippen LogP contribution in [0.1, 0.15) is 49.6 Å². The van der Waals surface area contributed by atoms with Crippen LogP contribution in [-0.2, 0) is 50.0 Å². The van der Waals surface area contributed by atoms with E-state index in [4.69, 9.17) is 38.0 Å². The maximum absolute atomic E-state index is 13.8. The van der Waals surface area contributed by atoms with Gasteiger partial charge in [-0.15, -0.1) is 0 Å². The first-order valence-corrected chi connectivity index (χ1v) is 16.9. The number of phosphoric acid groups is 2. The second-order valence-electron chi connectivity index (χ2n) is 10.2. The molecule has 1 aliphatic rings. The number of nitrogens with one attached hydrogen (secondary N) is 1. The summed E-state index contributed by atoms with van der Waals surface area (Å²) >= 11 is 0. The van der Waals surface area contributed by atoms with Crippen LogP contribution in [0.25, 0.3) is 0 Å². The number of esters is 2. The number of nitrogens with zero attached hydrogens (tertiary/aromatic N) is 1. The molecular formula is C28H33N3O14P2+. The maximum atomic E-state index is 13.8. The van der Waals surface area contributed by atoms with Gasteiger partial charge in [0.05, 0.1) is 6.10 Å². The monoisotopic (exact) mass is 697 g/mol. The number of aromatic nitrogens is 2. The molecule has 4 rings (SSSR count). The third-order valence-corrected chi connectivity index (χ3v) is 9.65. The largest absolute Gasteiger partial charge is 0.602 e. The lowest BCUT2D eigenvalue weighted by molar-refractivity contribution is -0.273. The highest BCUT2D eigenvalue weighted by Crippen LogP contribution is 2.70. The van der Waals surface area contributed by atoms with Crippen molar-refractivity contribution in [2.45, 2.75) is 59.2 Å². The Morgan fingerprint density at radius 1 is 0.957 bits per heavy atom. The quantitative estimate of drug-likeness (QED) is 0.0757. The summed E-state index contributed by atoms with van der Waals surface area (Å²) in [6.07, 6.45) is 0.592. The minimum absolute atomic E-state index is 0.264. The Balaban J connectivity index is 1.44. The summed E-state index contributed by atoms with van der Waals surface area (Å²) in [6, 6.07) is 12.0.